The van der Waals surface area contributed by atoms with Crippen LogP contribution in [0.1, 0.15) is 5.56 Å². The van der Waals surface area contributed by atoms with Crippen LogP contribution in [0.4, 0.5) is 34.6 Å². The molecule has 3 aromatic rings. The van der Waals surface area contributed by atoms with E-state index >= 15 is 0 Å². The molecule has 4 nitrogen and oxygen atoms in total. The van der Waals surface area contributed by atoms with Crippen LogP contribution in [0.25, 0.3) is 11.0 Å². The van der Waals surface area contributed by atoms with Gasteiger partial charge in [-0.2, -0.15) is 13.2 Å². The Kier molecular flexibility index (Phi) is 3.67. The van der Waals surface area contributed by atoms with Crippen molar-refractivity contribution in [2.75, 3.05) is 11.1 Å². The quantitative estimate of drug-likeness (QED) is 0.416. The number of nitrogens with one attached hydrogen (secondary N) is 1. The van der Waals surface area contributed by atoms with Crippen molar-refractivity contribution in [1.82, 2.24) is 0 Å². The van der Waals surface area contributed by atoms with Crippen LogP contribution < -0.4 is 16.7 Å². The van der Waals surface area contributed by atoms with Crippen molar-refractivity contribution in [3.05, 3.63) is 64.3 Å². The number of nitrogen functional groups attached to an aromatic ring is 1. The number of fused-ring (bicyclic) bond motifs is 1. The summed E-state index contributed by atoms with van der Waals surface area (Å²) in [5.74, 6) is -0.437. The molecule has 0 aliphatic heterocycles. The molecule has 0 amide bonds. The highest BCUT2D eigenvalue weighted by Crippen LogP contribution is 2.38. The Labute approximate surface area is 132 Å². The van der Waals surface area contributed by atoms with Gasteiger partial charge in [0.1, 0.15) is 5.82 Å². The van der Waals surface area contributed by atoms with Gasteiger partial charge in [0.15, 0.2) is 5.58 Å². The van der Waals surface area contributed by atoms with Gasteiger partial charge in [-0.25, -0.2) is 9.18 Å². The van der Waals surface area contributed by atoms with E-state index in [0.717, 1.165) is 6.07 Å². The fourth-order valence-electron chi connectivity index (χ4n) is 2.28. The first-order valence-electron chi connectivity index (χ1n) is 6.72. The lowest BCUT2D eigenvalue weighted by Gasteiger charge is -2.13. The number of anilines is 3. The lowest BCUT2D eigenvalue weighted by atomic mass is 10.1. The van der Waals surface area contributed by atoms with E-state index in [0.29, 0.717) is 11.8 Å². The normalized spacial score (nSPS) is 11.7. The van der Waals surface area contributed by atoms with Crippen LogP contribution in [0.2, 0.25) is 0 Å². The first kappa shape index (κ1) is 15.9. The van der Waals surface area contributed by atoms with E-state index in [1.54, 1.807) is 0 Å². The highest BCUT2D eigenvalue weighted by atomic mass is 19.4. The first-order valence-corrected chi connectivity index (χ1v) is 6.72. The second-order valence-electron chi connectivity index (χ2n) is 5.01. The molecule has 0 saturated heterocycles. The summed E-state index contributed by atoms with van der Waals surface area (Å²) in [6.45, 7) is 0. The summed E-state index contributed by atoms with van der Waals surface area (Å²) < 4.78 is 56.9. The average molecular weight is 338 g/mol. The van der Waals surface area contributed by atoms with E-state index in [1.165, 1.54) is 30.3 Å². The zero-order valence-corrected chi connectivity index (χ0v) is 11.9. The molecule has 0 spiro atoms. The van der Waals surface area contributed by atoms with Crippen molar-refractivity contribution in [3.63, 3.8) is 0 Å². The molecular weight excluding hydrogens is 328 g/mol. The smallest absolute Gasteiger partial charge is 0.417 e. The molecule has 3 N–H and O–H groups in total. The molecule has 124 valence electrons. The lowest BCUT2D eigenvalue weighted by Crippen LogP contribution is -2.12. The molecule has 0 bridgehead atoms. The molecule has 0 unspecified atom stereocenters. The van der Waals surface area contributed by atoms with Gasteiger partial charge in [0.05, 0.1) is 16.9 Å². The maximum Gasteiger partial charge on any atom is 0.417 e. The first-order chi connectivity index (χ1) is 11.3. The molecule has 0 radical (unpaired) electrons. The number of hydrogen-bond acceptors (Lipinski definition) is 4. The molecule has 1 aromatic heterocycles. The fourth-order valence-corrected chi connectivity index (χ4v) is 2.28. The Bertz CT molecular complexity index is 963. The maximum atomic E-state index is 13.0. The summed E-state index contributed by atoms with van der Waals surface area (Å²) in [5.41, 5.74) is 3.76. The summed E-state index contributed by atoms with van der Waals surface area (Å²) in [6, 6.07) is 8.15. The predicted molar refractivity (Wildman–Crippen MR) is 81.6 cm³/mol. The summed E-state index contributed by atoms with van der Waals surface area (Å²) in [6.07, 6.45) is -4.72. The molecule has 0 aliphatic carbocycles. The number of hydrogen-bond donors (Lipinski definition) is 2. The monoisotopic (exact) mass is 338 g/mol. The topological polar surface area (TPSA) is 68.3 Å². The Morgan fingerprint density at radius 3 is 2.33 bits per heavy atom. The van der Waals surface area contributed by atoms with E-state index in [9.17, 15) is 22.4 Å². The van der Waals surface area contributed by atoms with Crippen molar-refractivity contribution in [3.8, 4) is 0 Å². The molecule has 0 atom stereocenters. The van der Waals surface area contributed by atoms with Crippen LogP contribution in [0, 0.1) is 5.82 Å². The third-order valence-corrected chi connectivity index (χ3v) is 3.38. The molecule has 3 rings (SSSR count). The highest BCUT2D eigenvalue weighted by Gasteiger charge is 2.34. The molecule has 0 aliphatic rings. The Balaban J connectivity index is 2.14. The zero-order chi connectivity index (χ0) is 17.5. The SMILES string of the molecule is Nc1c(Nc2ccc(F)cc2)ccc2c(C(F)(F)F)cc(=O)oc12. The van der Waals surface area contributed by atoms with Crippen molar-refractivity contribution in [2.24, 2.45) is 0 Å². The Morgan fingerprint density at radius 1 is 1.04 bits per heavy atom. The van der Waals surface area contributed by atoms with Crippen molar-refractivity contribution < 1.29 is 22.0 Å². The van der Waals surface area contributed by atoms with Crippen LogP contribution in [0.5, 0.6) is 0 Å². The second kappa shape index (κ2) is 5.55. The van der Waals surface area contributed by atoms with Gasteiger partial charge >= 0.3 is 11.8 Å². The largest absolute Gasteiger partial charge is 0.420 e. The average Bonchev–Trinajstić information content (AvgIpc) is 2.51. The standard InChI is InChI=1S/C16H10F4N2O2/c17-8-1-3-9(4-2-8)22-12-6-5-10-11(16(18,19)20)7-13(23)24-15(10)14(12)21/h1-7,22H,21H2. The van der Waals surface area contributed by atoms with Crippen molar-refractivity contribution >= 4 is 28.0 Å². The van der Waals surface area contributed by atoms with Crippen LogP contribution in [0.15, 0.2) is 51.7 Å². The van der Waals surface area contributed by atoms with Crippen molar-refractivity contribution in [2.45, 2.75) is 6.18 Å². The molecule has 0 fully saturated rings. The Hall–Kier alpha value is -3.03. The highest BCUT2D eigenvalue weighted by molar-refractivity contribution is 5.97. The molecule has 24 heavy (non-hydrogen) atoms. The van der Waals surface area contributed by atoms with Gasteiger partial charge < -0.3 is 15.5 Å². The van der Waals surface area contributed by atoms with Crippen LogP contribution >= 0.6 is 0 Å². The van der Waals surface area contributed by atoms with Gasteiger partial charge in [0, 0.05) is 17.1 Å². The molecule has 0 saturated carbocycles. The minimum atomic E-state index is -4.72. The summed E-state index contributed by atoms with van der Waals surface area (Å²) in [4.78, 5) is 11.4. The number of nitrogens with two attached hydrogens (primary N) is 1. The van der Waals surface area contributed by atoms with E-state index in [1.807, 2.05) is 0 Å². The number of alkyl halides is 3. The van der Waals surface area contributed by atoms with Gasteiger partial charge in [-0.15, -0.1) is 0 Å². The maximum absolute atomic E-state index is 13.0. The molecular formula is C16H10F4N2O2. The summed E-state index contributed by atoms with van der Waals surface area (Å²) in [5, 5.41) is 2.52. The third kappa shape index (κ3) is 2.90. The lowest BCUT2D eigenvalue weighted by molar-refractivity contribution is -0.136. The molecule has 8 heteroatoms. The fraction of sp³-hybridized carbons (Fsp3) is 0.0625. The number of halogens is 4. The van der Waals surface area contributed by atoms with Crippen LogP contribution in [-0.2, 0) is 6.18 Å². The van der Waals surface area contributed by atoms with E-state index in [2.05, 4.69) is 5.32 Å². The predicted octanol–water partition coefficient (Wildman–Crippen LogP) is 4.28. The summed E-state index contributed by atoms with van der Waals surface area (Å²) >= 11 is 0. The van der Waals surface area contributed by atoms with Crippen LogP contribution in [0.3, 0.4) is 0 Å². The van der Waals surface area contributed by atoms with E-state index in [-0.39, 0.29) is 22.3 Å². The molecule has 2 aromatic carbocycles. The summed E-state index contributed by atoms with van der Waals surface area (Å²) in [7, 11) is 0. The minimum absolute atomic E-state index is 0.153. The second-order valence-corrected chi connectivity index (χ2v) is 5.01. The van der Waals surface area contributed by atoms with Crippen molar-refractivity contribution in [1.29, 1.82) is 0 Å². The van der Waals surface area contributed by atoms with E-state index in [4.69, 9.17) is 10.2 Å². The molecule has 1 heterocycles. The van der Waals surface area contributed by atoms with Gasteiger partial charge in [-0.05, 0) is 36.4 Å². The van der Waals surface area contributed by atoms with Gasteiger partial charge in [0.2, 0.25) is 0 Å². The number of rotatable bonds is 2. The van der Waals surface area contributed by atoms with Gasteiger partial charge in [-0.1, -0.05) is 0 Å². The minimum Gasteiger partial charge on any atom is -0.420 e. The van der Waals surface area contributed by atoms with E-state index < -0.39 is 23.2 Å². The number of benzene rings is 2. The van der Waals surface area contributed by atoms with Gasteiger partial charge in [-0.3, -0.25) is 0 Å². The Morgan fingerprint density at radius 2 is 1.71 bits per heavy atom. The van der Waals surface area contributed by atoms with Gasteiger partial charge in [0.25, 0.3) is 0 Å². The zero-order valence-electron chi connectivity index (χ0n) is 11.9. The third-order valence-electron chi connectivity index (χ3n) is 3.38. The van der Waals surface area contributed by atoms with Crippen LogP contribution in [-0.4, -0.2) is 0 Å².